The van der Waals surface area contributed by atoms with Gasteiger partial charge in [0.05, 0.1) is 6.61 Å². The lowest BCUT2D eigenvalue weighted by atomic mass is 9.95. The molecule has 1 aliphatic heterocycles. The smallest absolute Gasteiger partial charge is 0.323 e. The van der Waals surface area contributed by atoms with E-state index >= 15 is 0 Å². The van der Waals surface area contributed by atoms with Crippen molar-refractivity contribution in [3.63, 3.8) is 0 Å². The van der Waals surface area contributed by atoms with Crippen LogP contribution < -0.4 is 10.6 Å². The lowest BCUT2D eigenvalue weighted by molar-refractivity contribution is -0.140. The van der Waals surface area contributed by atoms with Crippen molar-refractivity contribution in [3.05, 3.63) is 35.9 Å². The molecule has 5 nitrogen and oxygen atoms in total. The summed E-state index contributed by atoms with van der Waals surface area (Å²) >= 11 is 0. The third-order valence-electron chi connectivity index (χ3n) is 4.65. The van der Waals surface area contributed by atoms with Gasteiger partial charge in [-0.15, -0.1) is 0 Å². The summed E-state index contributed by atoms with van der Waals surface area (Å²) in [5.41, 5.74) is 0.875. The number of amides is 1. The van der Waals surface area contributed by atoms with Crippen LogP contribution in [-0.2, 0) is 14.3 Å². The molecule has 2 aliphatic rings. The zero-order valence-corrected chi connectivity index (χ0v) is 13.3. The van der Waals surface area contributed by atoms with Gasteiger partial charge in [0.15, 0.2) is 0 Å². The minimum Gasteiger partial charge on any atom is -0.464 e. The number of esters is 1. The average Bonchev–Trinajstić information content (AvgIpc) is 2.99. The number of nitrogens with one attached hydrogen (secondary N) is 2. The fourth-order valence-electron chi connectivity index (χ4n) is 3.35. The number of benzene rings is 1. The Hall–Kier alpha value is -1.88. The molecule has 1 amide bonds. The van der Waals surface area contributed by atoms with E-state index in [9.17, 15) is 9.59 Å². The molecule has 124 valence electrons. The normalized spacial score (nSPS) is 23.3. The van der Waals surface area contributed by atoms with Crippen molar-refractivity contribution in [2.75, 3.05) is 6.61 Å². The molecule has 0 unspecified atom stereocenters. The summed E-state index contributed by atoms with van der Waals surface area (Å²) < 4.78 is 5.00. The summed E-state index contributed by atoms with van der Waals surface area (Å²) in [4.78, 5) is 24.5. The molecule has 2 fully saturated rings. The van der Waals surface area contributed by atoms with E-state index < -0.39 is 12.1 Å². The van der Waals surface area contributed by atoms with E-state index in [4.69, 9.17) is 4.74 Å². The van der Waals surface area contributed by atoms with Gasteiger partial charge in [0, 0.05) is 12.5 Å². The molecule has 3 rings (SSSR count). The molecule has 23 heavy (non-hydrogen) atoms. The SMILES string of the molecule is O=C1OCC[C@@H]1N[C@@H](C(=O)NC1CCCCC1)c1ccccc1. The van der Waals surface area contributed by atoms with Crippen molar-refractivity contribution in [1.29, 1.82) is 0 Å². The lowest BCUT2D eigenvalue weighted by Crippen LogP contribution is -2.47. The van der Waals surface area contributed by atoms with E-state index in [1.165, 1.54) is 19.3 Å². The predicted molar refractivity (Wildman–Crippen MR) is 86.7 cm³/mol. The van der Waals surface area contributed by atoms with Gasteiger partial charge in [-0.1, -0.05) is 49.6 Å². The number of ether oxygens (including phenoxy) is 1. The van der Waals surface area contributed by atoms with Gasteiger partial charge in [-0.25, -0.2) is 0 Å². The highest BCUT2D eigenvalue weighted by Crippen LogP contribution is 2.21. The molecule has 0 aromatic heterocycles. The van der Waals surface area contributed by atoms with Crippen molar-refractivity contribution in [1.82, 2.24) is 10.6 Å². The van der Waals surface area contributed by atoms with Crippen molar-refractivity contribution in [2.24, 2.45) is 0 Å². The second-order valence-electron chi connectivity index (χ2n) is 6.36. The number of hydrogen-bond donors (Lipinski definition) is 2. The number of hydrogen-bond acceptors (Lipinski definition) is 4. The molecule has 1 aliphatic carbocycles. The summed E-state index contributed by atoms with van der Waals surface area (Å²) in [5.74, 6) is -0.320. The molecule has 1 saturated heterocycles. The first-order valence-corrected chi connectivity index (χ1v) is 8.52. The third kappa shape index (κ3) is 4.10. The zero-order chi connectivity index (χ0) is 16.1. The molecule has 0 radical (unpaired) electrons. The van der Waals surface area contributed by atoms with E-state index in [-0.39, 0.29) is 17.9 Å². The standard InChI is InChI=1S/C18H24N2O3/c21-17(19-14-9-5-2-6-10-14)16(13-7-3-1-4-8-13)20-15-11-12-23-18(15)22/h1,3-4,7-8,14-16,20H,2,5-6,9-12H2,(H,19,21)/t15-,16+/m0/s1. The fourth-order valence-corrected chi connectivity index (χ4v) is 3.35. The van der Waals surface area contributed by atoms with Crippen LogP contribution in [0.2, 0.25) is 0 Å². The van der Waals surface area contributed by atoms with Gasteiger partial charge < -0.3 is 10.1 Å². The summed E-state index contributed by atoms with van der Waals surface area (Å²) in [6.07, 6.45) is 6.28. The summed E-state index contributed by atoms with van der Waals surface area (Å²) in [7, 11) is 0. The molecule has 0 spiro atoms. The molecule has 5 heteroatoms. The van der Waals surface area contributed by atoms with Gasteiger partial charge in [0.1, 0.15) is 12.1 Å². The van der Waals surface area contributed by atoms with Crippen molar-refractivity contribution < 1.29 is 14.3 Å². The highest BCUT2D eigenvalue weighted by molar-refractivity contribution is 5.85. The first kappa shape index (κ1) is 16.0. The Morgan fingerprint density at radius 2 is 1.83 bits per heavy atom. The van der Waals surface area contributed by atoms with Crippen LogP contribution >= 0.6 is 0 Å². The number of cyclic esters (lactones) is 1. The van der Waals surface area contributed by atoms with Gasteiger partial charge in [-0.3, -0.25) is 14.9 Å². The number of carbonyl (C=O) groups excluding carboxylic acids is 2. The highest BCUT2D eigenvalue weighted by Gasteiger charge is 2.32. The van der Waals surface area contributed by atoms with Gasteiger partial charge in [-0.2, -0.15) is 0 Å². The van der Waals surface area contributed by atoms with Crippen molar-refractivity contribution >= 4 is 11.9 Å². The molecule has 2 N–H and O–H groups in total. The van der Waals surface area contributed by atoms with Crippen LogP contribution in [0, 0.1) is 0 Å². The van der Waals surface area contributed by atoms with E-state index in [0.29, 0.717) is 13.0 Å². The van der Waals surface area contributed by atoms with Gasteiger partial charge >= 0.3 is 5.97 Å². The molecular formula is C18H24N2O3. The predicted octanol–water partition coefficient (Wildman–Crippen LogP) is 2.08. The Bertz CT molecular complexity index is 540. The number of rotatable bonds is 5. The van der Waals surface area contributed by atoms with Crippen LogP contribution in [0.15, 0.2) is 30.3 Å². The molecule has 1 heterocycles. The molecule has 1 aromatic carbocycles. The van der Waals surface area contributed by atoms with Crippen LogP contribution in [0.25, 0.3) is 0 Å². The summed E-state index contributed by atoms with van der Waals surface area (Å²) in [6.45, 7) is 0.419. The average molecular weight is 316 g/mol. The first-order valence-electron chi connectivity index (χ1n) is 8.52. The van der Waals surface area contributed by atoms with Crippen LogP contribution in [0.1, 0.15) is 50.1 Å². The molecule has 2 atom stereocenters. The quantitative estimate of drug-likeness (QED) is 0.816. The maximum absolute atomic E-state index is 12.8. The van der Waals surface area contributed by atoms with Crippen LogP contribution in [0.4, 0.5) is 0 Å². The van der Waals surface area contributed by atoms with Gasteiger partial charge in [0.25, 0.3) is 0 Å². The van der Waals surface area contributed by atoms with Crippen LogP contribution in [0.3, 0.4) is 0 Å². The third-order valence-corrected chi connectivity index (χ3v) is 4.65. The van der Waals surface area contributed by atoms with E-state index in [2.05, 4.69) is 10.6 Å². The molecule has 0 bridgehead atoms. The van der Waals surface area contributed by atoms with Crippen molar-refractivity contribution in [2.45, 2.75) is 56.7 Å². The minimum absolute atomic E-state index is 0.0530. The topological polar surface area (TPSA) is 67.4 Å². The molecular weight excluding hydrogens is 292 g/mol. The van der Waals surface area contributed by atoms with E-state index in [1.807, 2.05) is 30.3 Å². The Labute approximate surface area is 136 Å². The highest BCUT2D eigenvalue weighted by atomic mass is 16.5. The monoisotopic (exact) mass is 316 g/mol. The first-order chi connectivity index (χ1) is 11.2. The summed E-state index contributed by atoms with van der Waals surface area (Å²) in [6, 6.07) is 8.89. The largest absolute Gasteiger partial charge is 0.464 e. The second kappa shape index (κ2) is 7.59. The Morgan fingerprint density at radius 3 is 2.48 bits per heavy atom. The summed E-state index contributed by atoms with van der Waals surface area (Å²) in [5, 5.41) is 6.34. The van der Waals surface area contributed by atoms with Crippen LogP contribution in [-0.4, -0.2) is 30.6 Å². The Morgan fingerprint density at radius 1 is 1.09 bits per heavy atom. The molecule has 1 saturated carbocycles. The molecule has 1 aromatic rings. The zero-order valence-electron chi connectivity index (χ0n) is 13.3. The minimum atomic E-state index is -0.520. The maximum atomic E-state index is 12.8. The Kier molecular flexibility index (Phi) is 5.28. The fraction of sp³-hybridized carbons (Fsp3) is 0.556. The van der Waals surface area contributed by atoms with Gasteiger partial charge in [0.2, 0.25) is 5.91 Å². The van der Waals surface area contributed by atoms with Gasteiger partial charge in [-0.05, 0) is 18.4 Å². The second-order valence-corrected chi connectivity index (χ2v) is 6.36. The van der Waals surface area contributed by atoms with Crippen molar-refractivity contribution in [3.8, 4) is 0 Å². The maximum Gasteiger partial charge on any atom is 0.323 e. The van der Waals surface area contributed by atoms with E-state index in [0.717, 1.165) is 18.4 Å². The van der Waals surface area contributed by atoms with Crippen LogP contribution in [0.5, 0.6) is 0 Å². The Balaban J connectivity index is 1.71. The number of carbonyl (C=O) groups is 2. The lowest BCUT2D eigenvalue weighted by Gasteiger charge is -2.27. The van der Waals surface area contributed by atoms with E-state index in [1.54, 1.807) is 0 Å².